The van der Waals surface area contributed by atoms with E-state index in [1.54, 1.807) is 0 Å². The number of carbonyl (C=O) groups excluding carboxylic acids is 1. The summed E-state index contributed by atoms with van der Waals surface area (Å²) < 4.78 is 6.36. The maximum Gasteiger partial charge on any atom is 0.235 e. The molecular formula is C35H39NO2. The number of amides is 1. The summed E-state index contributed by atoms with van der Waals surface area (Å²) in [7, 11) is 0. The first-order valence-electron chi connectivity index (χ1n) is 14.8. The van der Waals surface area contributed by atoms with Crippen LogP contribution in [-0.4, -0.2) is 12.5 Å². The molecule has 1 heterocycles. The number of nitrogens with one attached hydrogen (secondary N) is 1. The van der Waals surface area contributed by atoms with Crippen LogP contribution in [0.15, 0.2) is 78.9 Å². The van der Waals surface area contributed by atoms with Gasteiger partial charge in [0.15, 0.2) is 0 Å². The minimum atomic E-state index is -0.760. The van der Waals surface area contributed by atoms with Gasteiger partial charge in [0.25, 0.3) is 0 Å². The van der Waals surface area contributed by atoms with Crippen molar-refractivity contribution in [1.29, 1.82) is 0 Å². The number of hydrogen-bond acceptors (Lipinski definition) is 2. The molecule has 3 nitrogen and oxygen atoms in total. The standard InChI is InChI=1S/C35H39NO2/c1-2-34(21-26-19-25-20-27(22-34)32(25)26)23-36-33(37)35(18-10-13-24-11-4-3-5-12-24)28-14-6-8-16-30(28)38-31-17-9-7-15-29(31)35/h3-9,11-12,14-17,25-27,32H,2,10,13,18-23H2,1H3,(H,36,37). The van der Waals surface area contributed by atoms with Gasteiger partial charge in [-0.05, 0) is 98.1 Å². The van der Waals surface area contributed by atoms with Crippen LogP contribution in [0.4, 0.5) is 0 Å². The molecule has 3 saturated carbocycles. The summed E-state index contributed by atoms with van der Waals surface area (Å²) in [5.41, 5.74) is 2.79. The molecule has 38 heavy (non-hydrogen) atoms. The smallest absolute Gasteiger partial charge is 0.235 e. The summed E-state index contributed by atoms with van der Waals surface area (Å²) in [6.07, 6.45) is 9.21. The van der Waals surface area contributed by atoms with E-state index in [0.29, 0.717) is 0 Å². The number of hydrogen-bond donors (Lipinski definition) is 1. The second-order valence-electron chi connectivity index (χ2n) is 12.6. The maximum atomic E-state index is 14.7. The molecule has 3 aromatic rings. The highest BCUT2D eigenvalue weighted by molar-refractivity contribution is 5.94. The van der Waals surface area contributed by atoms with Crippen LogP contribution < -0.4 is 10.1 Å². The monoisotopic (exact) mass is 505 g/mol. The van der Waals surface area contributed by atoms with E-state index in [9.17, 15) is 4.79 Å². The average Bonchev–Trinajstić information content (AvgIpc) is 2.93. The largest absolute Gasteiger partial charge is 0.457 e. The first kappa shape index (κ1) is 24.0. The third kappa shape index (κ3) is 3.73. The van der Waals surface area contributed by atoms with Crippen LogP contribution in [0, 0.1) is 29.1 Å². The van der Waals surface area contributed by atoms with Crippen molar-refractivity contribution in [2.75, 3.05) is 6.54 Å². The average molecular weight is 506 g/mol. The maximum absolute atomic E-state index is 14.7. The quantitative estimate of drug-likeness (QED) is 0.341. The van der Waals surface area contributed by atoms with Gasteiger partial charge in [0, 0.05) is 17.7 Å². The number of rotatable bonds is 8. The molecule has 3 aromatic carbocycles. The number of carbonyl (C=O) groups is 1. The number of aryl methyl sites for hydroxylation is 1. The molecule has 4 aliphatic rings. The molecule has 196 valence electrons. The first-order chi connectivity index (χ1) is 18.6. The topological polar surface area (TPSA) is 38.3 Å². The summed E-state index contributed by atoms with van der Waals surface area (Å²) in [6.45, 7) is 3.13. The minimum absolute atomic E-state index is 0.142. The molecule has 0 saturated heterocycles. The van der Waals surface area contributed by atoms with Crippen molar-refractivity contribution in [3.05, 3.63) is 95.6 Å². The van der Waals surface area contributed by atoms with Crippen molar-refractivity contribution in [1.82, 2.24) is 5.32 Å². The van der Waals surface area contributed by atoms with Gasteiger partial charge < -0.3 is 10.1 Å². The lowest BCUT2D eigenvalue weighted by Crippen LogP contribution is -2.60. The molecule has 1 N–H and O–H groups in total. The van der Waals surface area contributed by atoms with Crippen molar-refractivity contribution in [3.8, 4) is 11.5 Å². The number of para-hydroxylation sites is 2. The summed E-state index contributed by atoms with van der Waals surface area (Å²) in [5.74, 6) is 5.58. The van der Waals surface area contributed by atoms with E-state index in [1.165, 1.54) is 31.2 Å². The Balaban J connectivity index is 1.21. The zero-order chi connectivity index (χ0) is 25.7. The molecule has 0 bridgehead atoms. The van der Waals surface area contributed by atoms with E-state index in [2.05, 4.69) is 54.7 Å². The molecule has 3 fully saturated rings. The summed E-state index contributed by atoms with van der Waals surface area (Å²) >= 11 is 0. The lowest BCUT2D eigenvalue weighted by Gasteiger charge is -2.66. The Morgan fingerprint density at radius 1 is 0.842 bits per heavy atom. The highest BCUT2D eigenvalue weighted by Gasteiger charge is 2.60. The third-order valence-corrected chi connectivity index (χ3v) is 10.8. The fraction of sp³-hybridized carbons (Fsp3) is 0.457. The first-order valence-corrected chi connectivity index (χ1v) is 14.8. The minimum Gasteiger partial charge on any atom is -0.457 e. The van der Waals surface area contributed by atoms with Crippen LogP contribution in [0.25, 0.3) is 0 Å². The predicted octanol–water partition coefficient (Wildman–Crippen LogP) is 7.68. The van der Waals surface area contributed by atoms with E-state index in [1.807, 2.05) is 36.4 Å². The zero-order valence-electron chi connectivity index (χ0n) is 22.5. The van der Waals surface area contributed by atoms with Gasteiger partial charge in [0.2, 0.25) is 5.91 Å². The van der Waals surface area contributed by atoms with Gasteiger partial charge in [-0.25, -0.2) is 0 Å². The van der Waals surface area contributed by atoms with Crippen molar-refractivity contribution >= 4 is 5.91 Å². The molecule has 3 heteroatoms. The van der Waals surface area contributed by atoms with Crippen LogP contribution in [0.2, 0.25) is 0 Å². The molecule has 3 aliphatic carbocycles. The molecule has 0 aromatic heterocycles. The van der Waals surface area contributed by atoms with Gasteiger partial charge in [-0.15, -0.1) is 0 Å². The van der Waals surface area contributed by atoms with Gasteiger partial charge in [0.1, 0.15) is 16.9 Å². The van der Waals surface area contributed by atoms with Crippen LogP contribution in [0.1, 0.15) is 68.6 Å². The lowest BCUT2D eigenvalue weighted by molar-refractivity contribution is -0.162. The van der Waals surface area contributed by atoms with Crippen molar-refractivity contribution in [3.63, 3.8) is 0 Å². The summed E-state index contributed by atoms with van der Waals surface area (Å²) in [6, 6.07) is 27.0. The Kier molecular flexibility index (Phi) is 5.87. The second kappa shape index (κ2) is 9.29. The van der Waals surface area contributed by atoms with Gasteiger partial charge in [-0.1, -0.05) is 73.7 Å². The fourth-order valence-electron chi connectivity index (χ4n) is 8.79. The predicted molar refractivity (Wildman–Crippen MR) is 151 cm³/mol. The highest BCUT2D eigenvalue weighted by Crippen LogP contribution is 2.67. The Hall–Kier alpha value is -3.07. The Labute approximate surface area is 227 Å². The molecule has 1 amide bonds. The molecule has 0 radical (unpaired) electrons. The molecule has 2 unspecified atom stereocenters. The second-order valence-corrected chi connectivity index (χ2v) is 12.6. The zero-order valence-corrected chi connectivity index (χ0v) is 22.5. The van der Waals surface area contributed by atoms with E-state index in [0.717, 1.165) is 78.5 Å². The van der Waals surface area contributed by atoms with Gasteiger partial charge >= 0.3 is 0 Å². The molecule has 7 rings (SSSR count). The van der Waals surface area contributed by atoms with Crippen LogP contribution in [0.5, 0.6) is 11.5 Å². The van der Waals surface area contributed by atoms with Crippen LogP contribution in [-0.2, 0) is 16.6 Å². The Morgan fingerprint density at radius 2 is 1.45 bits per heavy atom. The number of benzene rings is 3. The van der Waals surface area contributed by atoms with Crippen molar-refractivity contribution in [2.24, 2.45) is 29.1 Å². The molecule has 1 aliphatic heterocycles. The van der Waals surface area contributed by atoms with Crippen LogP contribution >= 0.6 is 0 Å². The molecule has 0 spiro atoms. The van der Waals surface area contributed by atoms with E-state index < -0.39 is 5.41 Å². The third-order valence-electron chi connectivity index (χ3n) is 10.8. The number of ether oxygens (including phenoxy) is 1. The van der Waals surface area contributed by atoms with Gasteiger partial charge in [-0.3, -0.25) is 4.79 Å². The number of fused-ring (bicyclic) bond motifs is 2. The van der Waals surface area contributed by atoms with E-state index in [-0.39, 0.29) is 11.3 Å². The van der Waals surface area contributed by atoms with Crippen LogP contribution in [0.3, 0.4) is 0 Å². The SMILES string of the molecule is CCC1(CNC(=O)C2(CCCc3ccccc3)c3ccccc3Oc3ccccc32)CC2CC3CC(C1)C32. The summed E-state index contributed by atoms with van der Waals surface area (Å²) in [4.78, 5) is 14.7. The van der Waals surface area contributed by atoms with Crippen molar-refractivity contribution in [2.45, 2.75) is 63.7 Å². The van der Waals surface area contributed by atoms with E-state index >= 15 is 0 Å². The lowest BCUT2D eigenvalue weighted by atomic mass is 9.39. The Bertz CT molecular complexity index is 1270. The highest BCUT2D eigenvalue weighted by atomic mass is 16.5. The summed E-state index contributed by atoms with van der Waals surface area (Å²) in [5, 5.41) is 3.59. The fourth-order valence-corrected chi connectivity index (χ4v) is 8.79. The van der Waals surface area contributed by atoms with Gasteiger partial charge in [0.05, 0.1) is 0 Å². The van der Waals surface area contributed by atoms with Gasteiger partial charge in [-0.2, -0.15) is 0 Å². The normalized spacial score (nSPS) is 29.4. The Morgan fingerprint density at radius 3 is 2.05 bits per heavy atom. The molecule has 2 atom stereocenters. The van der Waals surface area contributed by atoms with Crippen molar-refractivity contribution < 1.29 is 9.53 Å². The molecular weight excluding hydrogens is 466 g/mol. The van der Waals surface area contributed by atoms with E-state index in [4.69, 9.17) is 4.74 Å².